The molecule has 0 aliphatic rings. The van der Waals surface area contributed by atoms with Crippen molar-refractivity contribution in [3.05, 3.63) is 18.3 Å². The molecule has 0 saturated heterocycles. The molecule has 1 heterocycles. The van der Waals surface area contributed by atoms with Crippen LogP contribution in [0.2, 0.25) is 0 Å². The summed E-state index contributed by atoms with van der Waals surface area (Å²) in [6, 6.07) is 2.78. The molecule has 110 valence electrons. The zero-order chi connectivity index (χ0) is 15.2. The number of rotatable bonds is 6. The molecule has 1 aromatic heterocycles. The molecule has 0 radical (unpaired) electrons. The Morgan fingerprint density at radius 3 is 2.60 bits per heavy atom. The Hall–Kier alpha value is -2.31. The Morgan fingerprint density at radius 1 is 1.45 bits per heavy atom. The van der Waals surface area contributed by atoms with Crippen LogP contribution in [0.1, 0.15) is 20.3 Å². The summed E-state index contributed by atoms with van der Waals surface area (Å²) in [5.41, 5.74) is -0.480. The summed E-state index contributed by atoms with van der Waals surface area (Å²) >= 11 is 0. The van der Waals surface area contributed by atoms with E-state index in [4.69, 9.17) is 9.84 Å². The number of aliphatic carboxylic acids is 1. The zero-order valence-corrected chi connectivity index (χ0v) is 11.8. The summed E-state index contributed by atoms with van der Waals surface area (Å²) in [7, 11) is 1.50. The maximum absolute atomic E-state index is 11.7. The number of nitrogens with zero attached hydrogens (tertiary/aromatic N) is 1. The van der Waals surface area contributed by atoms with Crippen LogP contribution in [-0.4, -0.2) is 35.7 Å². The van der Waals surface area contributed by atoms with Gasteiger partial charge in [0.05, 0.1) is 24.4 Å². The number of amides is 2. The number of carboxylic acid groups (broad SMARTS) is 1. The molecular formula is C13H19N3O4. The normalized spacial score (nSPS) is 13.2. The summed E-state index contributed by atoms with van der Waals surface area (Å²) < 4.78 is 4.90. The molecule has 7 heteroatoms. The molecule has 0 aromatic carbocycles. The van der Waals surface area contributed by atoms with Gasteiger partial charge in [-0.25, -0.2) is 9.78 Å². The van der Waals surface area contributed by atoms with Gasteiger partial charge in [-0.1, -0.05) is 6.92 Å². The van der Waals surface area contributed by atoms with Crippen LogP contribution >= 0.6 is 0 Å². The van der Waals surface area contributed by atoms with Gasteiger partial charge in [0.15, 0.2) is 0 Å². The molecule has 7 nitrogen and oxygen atoms in total. The van der Waals surface area contributed by atoms with Crippen molar-refractivity contribution in [2.45, 2.75) is 20.3 Å². The number of nitrogens with one attached hydrogen (secondary N) is 2. The molecule has 0 aliphatic heterocycles. The summed E-state index contributed by atoms with van der Waals surface area (Å²) in [5.74, 6) is -0.494. The fourth-order valence-corrected chi connectivity index (χ4v) is 1.38. The molecule has 20 heavy (non-hydrogen) atoms. The molecule has 1 unspecified atom stereocenters. The third-order valence-electron chi connectivity index (χ3n) is 3.14. The van der Waals surface area contributed by atoms with Crippen LogP contribution in [0.4, 0.5) is 10.5 Å². The quantitative estimate of drug-likeness (QED) is 0.737. The van der Waals surface area contributed by atoms with E-state index < -0.39 is 17.4 Å². The third-order valence-corrected chi connectivity index (χ3v) is 3.14. The topological polar surface area (TPSA) is 101 Å². The molecule has 0 aliphatic carbocycles. The first-order chi connectivity index (χ1) is 9.41. The van der Waals surface area contributed by atoms with Crippen LogP contribution < -0.4 is 15.4 Å². The number of carboxylic acids is 1. The number of hydrogen-bond donors (Lipinski definition) is 3. The Balaban J connectivity index is 2.53. The predicted octanol–water partition coefficient (Wildman–Crippen LogP) is 1.71. The van der Waals surface area contributed by atoms with Crippen molar-refractivity contribution in [2.24, 2.45) is 5.41 Å². The van der Waals surface area contributed by atoms with Crippen LogP contribution in [-0.2, 0) is 4.79 Å². The van der Waals surface area contributed by atoms with Crippen molar-refractivity contribution in [2.75, 3.05) is 19.0 Å². The summed E-state index contributed by atoms with van der Waals surface area (Å²) in [6.07, 6.45) is 1.88. The molecular weight excluding hydrogens is 262 g/mol. The van der Waals surface area contributed by atoms with Crippen molar-refractivity contribution in [3.8, 4) is 5.88 Å². The van der Waals surface area contributed by atoms with E-state index >= 15 is 0 Å². The van der Waals surface area contributed by atoms with Gasteiger partial charge < -0.3 is 20.5 Å². The Bertz CT molecular complexity index is 475. The molecule has 0 spiro atoms. The average molecular weight is 281 g/mol. The van der Waals surface area contributed by atoms with E-state index in [9.17, 15) is 9.59 Å². The SMILES string of the molecule is CCC(C)(CNC(=O)Nc1ccc(OC)nc1)C(=O)O. The van der Waals surface area contributed by atoms with E-state index in [1.54, 1.807) is 26.0 Å². The van der Waals surface area contributed by atoms with E-state index in [2.05, 4.69) is 15.6 Å². The minimum Gasteiger partial charge on any atom is -0.481 e. The molecule has 1 rings (SSSR count). The number of methoxy groups -OCH3 is 1. The second-order valence-corrected chi connectivity index (χ2v) is 4.62. The zero-order valence-electron chi connectivity index (χ0n) is 11.8. The van der Waals surface area contributed by atoms with Gasteiger partial charge in [0.1, 0.15) is 0 Å². The highest BCUT2D eigenvalue weighted by atomic mass is 16.5. The maximum Gasteiger partial charge on any atom is 0.319 e. The minimum absolute atomic E-state index is 0.0499. The highest BCUT2D eigenvalue weighted by molar-refractivity contribution is 5.89. The summed E-state index contributed by atoms with van der Waals surface area (Å²) in [6.45, 7) is 3.40. The Morgan fingerprint density at radius 2 is 2.15 bits per heavy atom. The number of anilines is 1. The monoisotopic (exact) mass is 281 g/mol. The van der Waals surface area contributed by atoms with E-state index in [1.807, 2.05) is 0 Å². The molecule has 0 bridgehead atoms. The molecule has 0 saturated carbocycles. The highest BCUT2D eigenvalue weighted by Crippen LogP contribution is 2.20. The van der Waals surface area contributed by atoms with E-state index in [1.165, 1.54) is 13.3 Å². The van der Waals surface area contributed by atoms with Gasteiger partial charge in [0.2, 0.25) is 5.88 Å². The van der Waals surface area contributed by atoms with Gasteiger partial charge >= 0.3 is 12.0 Å². The second kappa shape index (κ2) is 6.74. The molecule has 1 atom stereocenters. The van der Waals surface area contributed by atoms with E-state index in [0.29, 0.717) is 18.0 Å². The lowest BCUT2D eigenvalue weighted by Gasteiger charge is -2.23. The Kier molecular flexibility index (Phi) is 5.31. The number of urea groups is 1. The first kappa shape index (κ1) is 15.7. The first-order valence-corrected chi connectivity index (χ1v) is 6.19. The van der Waals surface area contributed by atoms with Crippen LogP contribution in [0.3, 0.4) is 0 Å². The smallest absolute Gasteiger partial charge is 0.319 e. The van der Waals surface area contributed by atoms with Gasteiger partial charge in [0.25, 0.3) is 0 Å². The number of ether oxygens (including phenoxy) is 1. The standard InChI is InChI=1S/C13H19N3O4/c1-4-13(2,11(17)18)8-15-12(19)16-9-5-6-10(20-3)14-7-9/h5-7H,4,8H2,1-3H3,(H,17,18)(H2,15,16,19). The number of pyridine rings is 1. The summed E-state index contributed by atoms with van der Waals surface area (Å²) in [4.78, 5) is 26.7. The van der Waals surface area contributed by atoms with Crippen LogP contribution in [0.15, 0.2) is 18.3 Å². The Labute approximate surface area is 117 Å². The third kappa shape index (κ3) is 4.11. The molecule has 2 amide bonds. The average Bonchev–Trinajstić information content (AvgIpc) is 2.45. The summed E-state index contributed by atoms with van der Waals surface area (Å²) in [5, 5.41) is 14.2. The van der Waals surface area contributed by atoms with Gasteiger partial charge in [-0.05, 0) is 19.4 Å². The lowest BCUT2D eigenvalue weighted by molar-refractivity contribution is -0.147. The van der Waals surface area contributed by atoms with Crippen molar-refractivity contribution >= 4 is 17.7 Å². The van der Waals surface area contributed by atoms with Gasteiger partial charge in [-0.3, -0.25) is 4.79 Å². The van der Waals surface area contributed by atoms with E-state index in [-0.39, 0.29) is 6.54 Å². The van der Waals surface area contributed by atoms with Gasteiger partial charge in [-0.2, -0.15) is 0 Å². The molecule has 1 aromatic rings. The number of carbonyl (C=O) groups is 2. The van der Waals surface area contributed by atoms with Crippen LogP contribution in [0, 0.1) is 5.41 Å². The van der Waals surface area contributed by atoms with Gasteiger partial charge in [0, 0.05) is 12.6 Å². The maximum atomic E-state index is 11.7. The molecule has 0 fully saturated rings. The van der Waals surface area contributed by atoms with E-state index in [0.717, 1.165) is 0 Å². The number of hydrogen-bond acceptors (Lipinski definition) is 4. The largest absolute Gasteiger partial charge is 0.481 e. The van der Waals surface area contributed by atoms with Crippen molar-refractivity contribution < 1.29 is 19.4 Å². The number of carbonyl (C=O) groups excluding carboxylic acids is 1. The van der Waals surface area contributed by atoms with Gasteiger partial charge in [-0.15, -0.1) is 0 Å². The lowest BCUT2D eigenvalue weighted by Crippen LogP contribution is -2.42. The van der Waals surface area contributed by atoms with Crippen LogP contribution in [0.25, 0.3) is 0 Å². The van der Waals surface area contributed by atoms with Crippen molar-refractivity contribution in [1.29, 1.82) is 0 Å². The van der Waals surface area contributed by atoms with Crippen LogP contribution in [0.5, 0.6) is 5.88 Å². The second-order valence-electron chi connectivity index (χ2n) is 4.62. The lowest BCUT2D eigenvalue weighted by atomic mass is 9.88. The first-order valence-electron chi connectivity index (χ1n) is 6.19. The number of aromatic nitrogens is 1. The highest BCUT2D eigenvalue weighted by Gasteiger charge is 2.31. The molecule has 3 N–H and O–H groups in total. The fourth-order valence-electron chi connectivity index (χ4n) is 1.38. The minimum atomic E-state index is -0.977. The fraction of sp³-hybridized carbons (Fsp3) is 0.462. The van der Waals surface area contributed by atoms with Crippen molar-refractivity contribution in [3.63, 3.8) is 0 Å². The van der Waals surface area contributed by atoms with Crippen molar-refractivity contribution in [1.82, 2.24) is 10.3 Å². The predicted molar refractivity (Wildman–Crippen MR) is 73.8 cm³/mol.